The maximum Gasteiger partial charge on any atom is 0.0452 e. The molecule has 0 aromatic carbocycles. The minimum absolute atomic E-state index is 0.641. The van der Waals surface area contributed by atoms with Crippen LogP contribution in [-0.4, -0.2) is 16.1 Å². The van der Waals surface area contributed by atoms with Crippen molar-refractivity contribution in [3.8, 4) is 0 Å². The third-order valence-corrected chi connectivity index (χ3v) is 20.8. The topological polar surface area (TPSA) is 0 Å². The molecule has 1 rings (SSSR count). The molecular formula is C12H28Si2. The highest BCUT2D eigenvalue weighted by Gasteiger charge is 2.49. The van der Waals surface area contributed by atoms with E-state index in [0.717, 1.165) is 0 Å². The van der Waals surface area contributed by atoms with Gasteiger partial charge in [-0.05, 0) is 0 Å². The largest absolute Gasteiger partial charge is 0.0696 e. The molecule has 2 heteroatoms. The summed E-state index contributed by atoms with van der Waals surface area (Å²) in [5.41, 5.74) is 3.53. The summed E-state index contributed by atoms with van der Waals surface area (Å²) in [6.07, 6.45) is 5.85. The highest BCUT2D eigenvalue weighted by molar-refractivity contribution is 7.12. The Labute approximate surface area is 92.5 Å². The van der Waals surface area contributed by atoms with Crippen molar-refractivity contribution in [1.29, 1.82) is 0 Å². The Balaban J connectivity index is 2.25. The Morgan fingerprint density at radius 3 is 1.43 bits per heavy atom. The lowest BCUT2D eigenvalue weighted by atomic mass is 10.4. The highest BCUT2D eigenvalue weighted by atomic mass is 28.5. The molecule has 0 saturated carbocycles. The molecule has 0 N–H and O–H groups in total. The summed E-state index contributed by atoms with van der Waals surface area (Å²) in [6, 6.07) is 3.27. The molecule has 0 aliphatic carbocycles. The lowest BCUT2D eigenvalue weighted by molar-refractivity contribution is 0.843. The molecular weight excluding hydrogens is 200 g/mol. The van der Waals surface area contributed by atoms with E-state index in [0.29, 0.717) is 0 Å². The molecule has 1 fully saturated rings. The average molecular weight is 229 g/mol. The van der Waals surface area contributed by atoms with Crippen molar-refractivity contribution in [3.63, 3.8) is 0 Å². The molecule has 0 unspecified atom stereocenters. The van der Waals surface area contributed by atoms with E-state index in [2.05, 4.69) is 26.9 Å². The van der Waals surface area contributed by atoms with Gasteiger partial charge in [-0.15, -0.1) is 0 Å². The van der Waals surface area contributed by atoms with Crippen LogP contribution < -0.4 is 0 Å². The van der Waals surface area contributed by atoms with Crippen molar-refractivity contribution < 1.29 is 0 Å². The van der Waals surface area contributed by atoms with Crippen molar-refractivity contribution in [2.75, 3.05) is 0 Å². The zero-order chi connectivity index (χ0) is 10.7. The van der Waals surface area contributed by atoms with E-state index < -0.39 is 16.1 Å². The molecule has 84 valence electrons. The quantitative estimate of drug-likeness (QED) is 0.571. The maximum absolute atomic E-state index is 2.67. The third-order valence-electron chi connectivity index (χ3n) is 3.97. The zero-order valence-electron chi connectivity index (χ0n) is 10.7. The second-order valence-electron chi connectivity index (χ2n) is 6.18. The monoisotopic (exact) mass is 228 g/mol. The van der Waals surface area contributed by atoms with Gasteiger partial charge in [-0.2, -0.15) is 0 Å². The highest BCUT2D eigenvalue weighted by Crippen LogP contribution is 2.46. The van der Waals surface area contributed by atoms with E-state index in [1.165, 1.54) is 25.7 Å². The fourth-order valence-corrected chi connectivity index (χ4v) is 24.9. The van der Waals surface area contributed by atoms with Gasteiger partial charge in [0.15, 0.2) is 0 Å². The Hall–Kier alpha value is 0.434. The third kappa shape index (κ3) is 3.23. The number of hydrogen-bond donors (Lipinski definition) is 0. The number of hydrogen-bond acceptors (Lipinski definition) is 0. The van der Waals surface area contributed by atoms with E-state index in [-0.39, 0.29) is 0 Å². The first-order chi connectivity index (χ1) is 6.54. The van der Waals surface area contributed by atoms with Crippen LogP contribution in [0.2, 0.25) is 36.5 Å². The first-order valence-electron chi connectivity index (χ1n) is 6.54. The Bertz CT molecular complexity index is 153. The fourth-order valence-electron chi connectivity index (χ4n) is 3.57. The normalized spacial score (nSPS) is 36.9. The molecule has 0 radical (unpaired) electrons. The van der Waals surface area contributed by atoms with Crippen LogP contribution in [0, 0.1) is 0 Å². The van der Waals surface area contributed by atoms with Crippen LogP contribution in [0.1, 0.15) is 39.5 Å². The van der Waals surface area contributed by atoms with Gasteiger partial charge in [-0.25, -0.2) is 0 Å². The van der Waals surface area contributed by atoms with Crippen LogP contribution in [0.5, 0.6) is 0 Å². The van der Waals surface area contributed by atoms with Gasteiger partial charge in [0.2, 0.25) is 0 Å². The zero-order valence-corrected chi connectivity index (χ0v) is 12.7. The number of unbranched alkanes of at least 4 members (excludes halogenated alkanes) is 2. The fraction of sp³-hybridized carbons (Fsp3) is 1.00. The summed E-state index contributed by atoms with van der Waals surface area (Å²) in [6.45, 7) is 10.0. The van der Waals surface area contributed by atoms with Crippen LogP contribution >= 0.6 is 0 Å². The van der Waals surface area contributed by atoms with E-state index in [4.69, 9.17) is 0 Å². The van der Waals surface area contributed by atoms with Crippen molar-refractivity contribution in [1.82, 2.24) is 0 Å². The van der Waals surface area contributed by atoms with Gasteiger partial charge in [-0.3, -0.25) is 0 Å². The van der Waals surface area contributed by atoms with Gasteiger partial charge in [0.25, 0.3) is 0 Å². The summed E-state index contributed by atoms with van der Waals surface area (Å²) in [5.74, 6) is 0. The first-order valence-corrected chi connectivity index (χ1v) is 12.8. The minimum atomic E-state index is -0.641. The maximum atomic E-state index is 2.67. The van der Waals surface area contributed by atoms with Gasteiger partial charge >= 0.3 is 0 Å². The van der Waals surface area contributed by atoms with Gasteiger partial charge in [0.1, 0.15) is 0 Å². The summed E-state index contributed by atoms with van der Waals surface area (Å²) in [5, 5.41) is 0. The predicted molar refractivity (Wildman–Crippen MR) is 72.3 cm³/mol. The summed E-state index contributed by atoms with van der Waals surface area (Å²) in [7, 11) is -1.28. The van der Waals surface area contributed by atoms with Crippen LogP contribution in [0.25, 0.3) is 0 Å². The first kappa shape index (κ1) is 12.5. The van der Waals surface area contributed by atoms with Gasteiger partial charge in [0.05, 0.1) is 0 Å². The molecule has 0 aromatic heterocycles. The Kier molecular flexibility index (Phi) is 4.44. The smallest absolute Gasteiger partial charge is 0.0452 e. The predicted octanol–water partition coefficient (Wildman–Crippen LogP) is 4.84. The van der Waals surface area contributed by atoms with Crippen LogP contribution in [0.4, 0.5) is 0 Å². The molecule has 0 bridgehead atoms. The molecule has 0 atom stereocenters. The van der Waals surface area contributed by atoms with Crippen molar-refractivity contribution in [2.24, 2.45) is 0 Å². The van der Waals surface area contributed by atoms with Crippen LogP contribution in [0.3, 0.4) is 0 Å². The number of rotatable bonds is 6. The molecule has 14 heavy (non-hydrogen) atoms. The van der Waals surface area contributed by atoms with Crippen molar-refractivity contribution in [2.45, 2.75) is 76.0 Å². The lowest BCUT2D eigenvalue weighted by Gasteiger charge is -2.51. The minimum Gasteiger partial charge on any atom is -0.0696 e. The van der Waals surface area contributed by atoms with Gasteiger partial charge < -0.3 is 0 Å². The van der Waals surface area contributed by atoms with E-state index in [1.54, 1.807) is 23.4 Å². The molecule has 1 aliphatic rings. The van der Waals surface area contributed by atoms with Gasteiger partial charge in [0, 0.05) is 16.1 Å². The standard InChI is InChI=1S/C12H28Si2/c1-5-7-9-13(3)11-14(4,12-13)10-8-6-2/h5-12H2,1-4H3. The Morgan fingerprint density at radius 2 is 1.14 bits per heavy atom. The van der Waals surface area contributed by atoms with Crippen LogP contribution in [0.15, 0.2) is 0 Å². The summed E-state index contributed by atoms with van der Waals surface area (Å²) < 4.78 is 0. The second kappa shape index (κ2) is 4.97. The van der Waals surface area contributed by atoms with E-state index >= 15 is 0 Å². The SMILES string of the molecule is CCCC[Si]1(C)C[Si](C)(CCCC)C1. The average Bonchev–Trinajstić information content (AvgIpc) is 2.09. The lowest BCUT2D eigenvalue weighted by Crippen LogP contribution is -2.59. The summed E-state index contributed by atoms with van der Waals surface area (Å²) >= 11 is 0. The van der Waals surface area contributed by atoms with Crippen molar-refractivity contribution >= 4 is 16.1 Å². The molecule has 1 heterocycles. The molecule has 0 amide bonds. The molecule has 0 spiro atoms. The Morgan fingerprint density at radius 1 is 0.786 bits per heavy atom. The molecule has 0 nitrogen and oxygen atoms in total. The summed E-state index contributed by atoms with van der Waals surface area (Å²) in [4.78, 5) is 0. The molecule has 1 aliphatic heterocycles. The van der Waals surface area contributed by atoms with Gasteiger partial charge in [-0.1, -0.05) is 76.0 Å². The molecule has 1 saturated heterocycles. The van der Waals surface area contributed by atoms with E-state index in [9.17, 15) is 0 Å². The molecule has 0 aromatic rings. The second-order valence-corrected chi connectivity index (χ2v) is 17.3. The van der Waals surface area contributed by atoms with Crippen LogP contribution in [-0.2, 0) is 0 Å². The van der Waals surface area contributed by atoms with E-state index in [1.807, 2.05) is 0 Å². The van der Waals surface area contributed by atoms with Crippen molar-refractivity contribution in [3.05, 3.63) is 0 Å².